The van der Waals surface area contributed by atoms with E-state index in [9.17, 15) is 9.18 Å². The van der Waals surface area contributed by atoms with Gasteiger partial charge in [0.25, 0.3) is 5.91 Å². The molecule has 5 rings (SSSR count). The Labute approximate surface area is 185 Å². The fraction of sp³-hybridized carbons (Fsp3) is 0.292. The van der Waals surface area contributed by atoms with E-state index in [-0.39, 0.29) is 18.0 Å². The second-order valence-electron chi connectivity index (χ2n) is 7.97. The molecule has 1 fully saturated rings. The van der Waals surface area contributed by atoms with Gasteiger partial charge in [0.2, 0.25) is 0 Å². The van der Waals surface area contributed by atoms with Gasteiger partial charge in [0.05, 0.1) is 24.9 Å². The standard InChI is InChI=1S/C24H24FN5O2/c1-26-15-10-12-29(13-15)20-7-4-8-21(28-20)30-14-17-16(24(30)31)9-11-27-23(17)22-18(25)5-3-6-19(22)32-2/h3-9,11,15,26H,10,12-14H2,1-2H3/t15-/m1/s1. The number of nitrogens with one attached hydrogen (secondary N) is 1. The van der Waals surface area contributed by atoms with Crippen LogP contribution < -0.4 is 19.9 Å². The first-order valence-electron chi connectivity index (χ1n) is 10.6. The van der Waals surface area contributed by atoms with Crippen LogP contribution in [0.15, 0.2) is 48.7 Å². The zero-order chi connectivity index (χ0) is 22.2. The number of likely N-dealkylation sites (N-methyl/N-ethyl adjacent to an activating group) is 1. The molecule has 8 heteroatoms. The number of ether oxygens (including phenoxy) is 1. The highest BCUT2D eigenvalue weighted by molar-refractivity contribution is 6.10. The quantitative estimate of drug-likeness (QED) is 0.666. The minimum atomic E-state index is -0.440. The monoisotopic (exact) mass is 433 g/mol. The van der Waals surface area contributed by atoms with Gasteiger partial charge in [-0.2, -0.15) is 0 Å². The lowest BCUT2D eigenvalue weighted by Gasteiger charge is -2.21. The Balaban J connectivity index is 1.50. The van der Waals surface area contributed by atoms with Crippen LogP contribution in [0.5, 0.6) is 5.75 Å². The summed E-state index contributed by atoms with van der Waals surface area (Å²) in [5.41, 5.74) is 1.85. The molecule has 0 bridgehead atoms. The van der Waals surface area contributed by atoms with Crippen LogP contribution in [0.2, 0.25) is 0 Å². The molecule has 7 nitrogen and oxygen atoms in total. The van der Waals surface area contributed by atoms with E-state index in [0.717, 1.165) is 25.3 Å². The van der Waals surface area contributed by atoms with Gasteiger partial charge in [-0.3, -0.25) is 14.7 Å². The molecule has 4 heterocycles. The van der Waals surface area contributed by atoms with Crippen molar-refractivity contribution in [2.45, 2.75) is 19.0 Å². The van der Waals surface area contributed by atoms with Gasteiger partial charge in [-0.15, -0.1) is 0 Å². The summed E-state index contributed by atoms with van der Waals surface area (Å²) in [4.78, 5) is 26.3. The number of carbonyl (C=O) groups is 1. The number of rotatable bonds is 5. The first-order chi connectivity index (χ1) is 15.6. The number of methoxy groups -OCH3 is 1. The van der Waals surface area contributed by atoms with Gasteiger partial charge in [0, 0.05) is 36.5 Å². The maximum Gasteiger partial charge on any atom is 0.260 e. The average molecular weight is 433 g/mol. The zero-order valence-electron chi connectivity index (χ0n) is 18.0. The molecule has 0 radical (unpaired) electrons. The van der Waals surface area contributed by atoms with E-state index in [0.29, 0.717) is 34.4 Å². The van der Waals surface area contributed by atoms with E-state index in [2.05, 4.69) is 15.2 Å². The first-order valence-corrected chi connectivity index (χ1v) is 10.6. The van der Waals surface area contributed by atoms with E-state index in [1.807, 2.05) is 25.2 Å². The number of hydrogen-bond acceptors (Lipinski definition) is 6. The molecule has 2 aliphatic heterocycles. The van der Waals surface area contributed by atoms with Crippen molar-refractivity contribution in [2.24, 2.45) is 0 Å². The number of halogens is 1. The summed E-state index contributed by atoms with van der Waals surface area (Å²) in [7, 11) is 3.46. The van der Waals surface area contributed by atoms with Gasteiger partial charge in [0.1, 0.15) is 23.2 Å². The molecule has 164 valence electrons. The molecule has 3 aromatic rings. The predicted octanol–water partition coefficient (Wildman–Crippen LogP) is 3.25. The Morgan fingerprint density at radius 3 is 2.75 bits per heavy atom. The smallest absolute Gasteiger partial charge is 0.260 e. The van der Waals surface area contributed by atoms with Gasteiger partial charge >= 0.3 is 0 Å². The Bertz CT molecular complexity index is 1180. The number of hydrogen-bond donors (Lipinski definition) is 1. The molecule has 2 aliphatic rings. The molecule has 1 N–H and O–H groups in total. The van der Waals surface area contributed by atoms with Crippen LogP contribution in [-0.4, -0.2) is 49.2 Å². The van der Waals surface area contributed by atoms with Gasteiger partial charge < -0.3 is 15.0 Å². The molecule has 0 aliphatic carbocycles. The summed E-state index contributed by atoms with van der Waals surface area (Å²) in [6.45, 7) is 2.06. The topological polar surface area (TPSA) is 70.6 Å². The van der Waals surface area contributed by atoms with Gasteiger partial charge in [-0.1, -0.05) is 12.1 Å². The number of pyridine rings is 2. The molecule has 1 saturated heterocycles. The van der Waals surface area contributed by atoms with Crippen molar-refractivity contribution in [1.29, 1.82) is 0 Å². The average Bonchev–Trinajstić information content (AvgIpc) is 3.44. The predicted molar refractivity (Wildman–Crippen MR) is 121 cm³/mol. The van der Waals surface area contributed by atoms with Crippen molar-refractivity contribution in [3.63, 3.8) is 0 Å². The summed E-state index contributed by atoms with van der Waals surface area (Å²) in [6, 6.07) is 12.5. The molecule has 1 amide bonds. The maximum atomic E-state index is 14.8. The minimum absolute atomic E-state index is 0.168. The molecule has 32 heavy (non-hydrogen) atoms. The van der Waals surface area contributed by atoms with Crippen molar-refractivity contribution in [1.82, 2.24) is 15.3 Å². The van der Waals surface area contributed by atoms with Crippen LogP contribution in [0.1, 0.15) is 22.3 Å². The molecular formula is C24H24FN5O2. The Morgan fingerprint density at radius 2 is 1.97 bits per heavy atom. The SMILES string of the molecule is CN[C@@H]1CCN(c2cccc(N3Cc4c(ccnc4-c4c(F)cccc4OC)C3=O)n2)C1. The second-order valence-corrected chi connectivity index (χ2v) is 7.97. The number of anilines is 2. The molecular weight excluding hydrogens is 409 g/mol. The van der Waals surface area contributed by atoms with Crippen molar-refractivity contribution in [2.75, 3.05) is 37.0 Å². The third-order valence-electron chi connectivity index (χ3n) is 6.20. The van der Waals surface area contributed by atoms with Crippen LogP contribution >= 0.6 is 0 Å². The van der Waals surface area contributed by atoms with E-state index >= 15 is 0 Å². The number of carbonyl (C=O) groups excluding carboxylic acids is 1. The van der Waals surface area contributed by atoms with Crippen molar-refractivity contribution in [3.05, 3.63) is 65.6 Å². The Hall–Kier alpha value is -3.52. The van der Waals surface area contributed by atoms with E-state index in [1.54, 1.807) is 23.1 Å². The molecule has 0 saturated carbocycles. The highest BCUT2D eigenvalue weighted by Gasteiger charge is 2.34. The molecule has 1 atom stereocenters. The van der Waals surface area contributed by atoms with Crippen LogP contribution in [0.4, 0.5) is 16.0 Å². The summed E-state index contributed by atoms with van der Waals surface area (Å²) < 4.78 is 20.1. The lowest BCUT2D eigenvalue weighted by molar-refractivity contribution is 0.0996. The lowest BCUT2D eigenvalue weighted by Crippen LogP contribution is -2.30. The highest BCUT2D eigenvalue weighted by Crippen LogP contribution is 2.38. The minimum Gasteiger partial charge on any atom is -0.496 e. The third-order valence-corrected chi connectivity index (χ3v) is 6.20. The summed E-state index contributed by atoms with van der Waals surface area (Å²) in [5, 5.41) is 3.31. The lowest BCUT2D eigenvalue weighted by atomic mass is 10.0. The van der Waals surface area contributed by atoms with Crippen LogP contribution in [-0.2, 0) is 6.54 Å². The number of benzene rings is 1. The summed E-state index contributed by atoms with van der Waals surface area (Å²) in [5.74, 6) is 1.19. The van der Waals surface area contributed by atoms with Crippen LogP contribution in [0.3, 0.4) is 0 Å². The number of amides is 1. The van der Waals surface area contributed by atoms with Crippen molar-refractivity contribution in [3.8, 4) is 17.0 Å². The second kappa shape index (κ2) is 8.20. The normalized spacial score (nSPS) is 17.7. The fourth-order valence-corrected chi connectivity index (χ4v) is 4.48. The Kier molecular flexibility index (Phi) is 5.22. The molecule has 0 unspecified atom stereocenters. The summed E-state index contributed by atoms with van der Waals surface area (Å²) in [6.07, 6.45) is 2.59. The fourth-order valence-electron chi connectivity index (χ4n) is 4.48. The summed E-state index contributed by atoms with van der Waals surface area (Å²) >= 11 is 0. The highest BCUT2D eigenvalue weighted by atomic mass is 19.1. The third kappa shape index (κ3) is 3.36. The number of fused-ring (bicyclic) bond motifs is 1. The van der Waals surface area contributed by atoms with E-state index in [1.165, 1.54) is 19.4 Å². The number of nitrogens with zero attached hydrogens (tertiary/aromatic N) is 4. The zero-order valence-corrected chi connectivity index (χ0v) is 18.0. The van der Waals surface area contributed by atoms with Gasteiger partial charge in [0.15, 0.2) is 0 Å². The van der Waals surface area contributed by atoms with Crippen LogP contribution in [0.25, 0.3) is 11.3 Å². The van der Waals surface area contributed by atoms with Crippen molar-refractivity contribution >= 4 is 17.5 Å². The van der Waals surface area contributed by atoms with Crippen molar-refractivity contribution < 1.29 is 13.9 Å². The van der Waals surface area contributed by atoms with Gasteiger partial charge in [-0.05, 0) is 43.8 Å². The Morgan fingerprint density at radius 1 is 1.16 bits per heavy atom. The number of aromatic nitrogens is 2. The van der Waals surface area contributed by atoms with Gasteiger partial charge in [-0.25, -0.2) is 9.37 Å². The van der Waals surface area contributed by atoms with E-state index < -0.39 is 5.82 Å². The molecule has 0 spiro atoms. The van der Waals surface area contributed by atoms with E-state index in [4.69, 9.17) is 9.72 Å². The molecule has 1 aromatic carbocycles. The maximum absolute atomic E-state index is 14.8. The first kappa shape index (κ1) is 20.4. The largest absolute Gasteiger partial charge is 0.496 e. The molecule has 2 aromatic heterocycles. The van der Waals surface area contributed by atoms with Crippen LogP contribution in [0, 0.1) is 5.82 Å².